The van der Waals surface area contributed by atoms with Crippen LogP contribution in [-0.4, -0.2) is 9.97 Å². The molecule has 0 amide bonds. The number of benzene rings is 3. The molecule has 3 heteroatoms. The molecule has 0 N–H and O–H groups in total. The first-order chi connectivity index (χ1) is 13.0. The van der Waals surface area contributed by atoms with Gasteiger partial charge in [-0.3, -0.25) is 0 Å². The number of para-hydroxylation sites is 4. The van der Waals surface area contributed by atoms with Crippen LogP contribution in [0.5, 0.6) is 0 Å². The van der Waals surface area contributed by atoms with Gasteiger partial charge in [-0.15, -0.1) is 0 Å². The fourth-order valence-corrected chi connectivity index (χ4v) is 3.64. The van der Waals surface area contributed by atoms with Gasteiger partial charge in [-0.25, -0.2) is 9.97 Å². The molecule has 2 heterocycles. The third-order valence-electron chi connectivity index (χ3n) is 4.94. The molecule has 132 valence electrons. The van der Waals surface area contributed by atoms with Crippen molar-refractivity contribution in [1.82, 2.24) is 9.97 Å². The van der Waals surface area contributed by atoms with Crippen molar-refractivity contribution in [2.24, 2.45) is 0 Å². The second-order valence-electron chi connectivity index (χ2n) is 7.94. The first-order valence-electron chi connectivity index (χ1n) is 9.20. The van der Waals surface area contributed by atoms with Gasteiger partial charge in [0.05, 0.1) is 22.4 Å². The Hall–Kier alpha value is -3.20. The van der Waals surface area contributed by atoms with Crippen molar-refractivity contribution >= 4 is 33.0 Å². The lowest BCUT2D eigenvalue weighted by atomic mass is 9.88. The number of nitrogens with zero attached hydrogens (tertiary/aromatic N) is 2. The maximum atomic E-state index is 6.25. The molecule has 0 unspecified atom stereocenters. The number of fused-ring (bicyclic) bond motifs is 4. The SMILES string of the molecule is CC(C)(C)c1nc2ccccc2nc1-c1cccc2c1oc1ccccc12. The first kappa shape index (κ1) is 16.0. The molecule has 0 spiro atoms. The average molecular weight is 352 g/mol. The molecule has 3 aromatic carbocycles. The van der Waals surface area contributed by atoms with Gasteiger partial charge >= 0.3 is 0 Å². The quantitative estimate of drug-likeness (QED) is 0.346. The number of aromatic nitrogens is 2. The summed E-state index contributed by atoms with van der Waals surface area (Å²) in [5.41, 5.74) is 6.31. The fourth-order valence-electron chi connectivity index (χ4n) is 3.64. The van der Waals surface area contributed by atoms with E-state index < -0.39 is 0 Å². The Labute approximate surface area is 157 Å². The van der Waals surface area contributed by atoms with Crippen LogP contribution in [-0.2, 0) is 5.41 Å². The smallest absolute Gasteiger partial charge is 0.144 e. The van der Waals surface area contributed by atoms with Gasteiger partial charge < -0.3 is 4.42 Å². The molecule has 27 heavy (non-hydrogen) atoms. The van der Waals surface area contributed by atoms with Crippen molar-refractivity contribution in [2.45, 2.75) is 26.2 Å². The van der Waals surface area contributed by atoms with Crippen LogP contribution in [0.4, 0.5) is 0 Å². The van der Waals surface area contributed by atoms with Gasteiger partial charge in [0.2, 0.25) is 0 Å². The van der Waals surface area contributed by atoms with E-state index in [4.69, 9.17) is 14.4 Å². The fraction of sp³-hybridized carbons (Fsp3) is 0.167. The van der Waals surface area contributed by atoms with E-state index in [1.807, 2.05) is 42.5 Å². The topological polar surface area (TPSA) is 38.9 Å². The van der Waals surface area contributed by atoms with Gasteiger partial charge in [0, 0.05) is 21.8 Å². The molecule has 0 atom stereocenters. The van der Waals surface area contributed by atoms with Crippen molar-refractivity contribution in [2.75, 3.05) is 0 Å². The Morgan fingerprint density at radius 1 is 0.704 bits per heavy atom. The van der Waals surface area contributed by atoms with Gasteiger partial charge in [0.25, 0.3) is 0 Å². The van der Waals surface area contributed by atoms with Crippen LogP contribution in [0.15, 0.2) is 71.1 Å². The largest absolute Gasteiger partial charge is 0.455 e. The van der Waals surface area contributed by atoms with E-state index in [0.717, 1.165) is 49.9 Å². The summed E-state index contributed by atoms with van der Waals surface area (Å²) >= 11 is 0. The van der Waals surface area contributed by atoms with E-state index in [1.165, 1.54) is 0 Å². The lowest BCUT2D eigenvalue weighted by Crippen LogP contribution is -2.16. The van der Waals surface area contributed by atoms with Gasteiger partial charge in [0.15, 0.2) is 0 Å². The first-order valence-corrected chi connectivity index (χ1v) is 9.20. The van der Waals surface area contributed by atoms with Crippen LogP contribution in [0, 0.1) is 0 Å². The zero-order valence-electron chi connectivity index (χ0n) is 15.7. The van der Waals surface area contributed by atoms with Gasteiger partial charge in [-0.05, 0) is 24.3 Å². The number of hydrogen-bond donors (Lipinski definition) is 0. The van der Waals surface area contributed by atoms with Crippen molar-refractivity contribution in [3.05, 3.63) is 72.4 Å². The molecule has 2 aromatic heterocycles. The highest BCUT2D eigenvalue weighted by molar-refractivity contribution is 6.09. The summed E-state index contributed by atoms with van der Waals surface area (Å²) in [4.78, 5) is 9.99. The molecule has 0 saturated heterocycles. The maximum Gasteiger partial charge on any atom is 0.144 e. The zero-order chi connectivity index (χ0) is 18.6. The van der Waals surface area contributed by atoms with E-state index in [2.05, 4.69) is 45.0 Å². The molecule has 5 rings (SSSR count). The summed E-state index contributed by atoms with van der Waals surface area (Å²) in [5.74, 6) is 0. The summed E-state index contributed by atoms with van der Waals surface area (Å²) in [6, 6.07) is 22.4. The molecule has 5 aromatic rings. The summed E-state index contributed by atoms with van der Waals surface area (Å²) in [6.45, 7) is 6.52. The molecule has 0 radical (unpaired) electrons. The molecule has 0 saturated carbocycles. The lowest BCUT2D eigenvalue weighted by Gasteiger charge is -2.21. The van der Waals surface area contributed by atoms with Crippen LogP contribution in [0.25, 0.3) is 44.2 Å². The molecular weight excluding hydrogens is 332 g/mol. The highest BCUT2D eigenvalue weighted by atomic mass is 16.3. The van der Waals surface area contributed by atoms with Crippen molar-refractivity contribution in [3.8, 4) is 11.3 Å². The summed E-state index contributed by atoms with van der Waals surface area (Å²) < 4.78 is 6.25. The monoisotopic (exact) mass is 352 g/mol. The van der Waals surface area contributed by atoms with Crippen molar-refractivity contribution < 1.29 is 4.42 Å². The highest BCUT2D eigenvalue weighted by Gasteiger charge is 2.25. The Bertz CT molecular complexity index is 1310. The van der Waals surface area contributed by atoms with Gasteiger partial charge in [-0.1, -0.05) is 63.2 Å². The van der Waals surface area contributed by atoms with E-state index in [1.54, 1.807) is 0 Å². The minimum Gasteiger partial charge on any atom is -0.455 e. The Morgan fingerprint density at radius 3 is 2.15 bits per heavy atom. The standard InChI is InChI=1S/C24H20N2O/c1-24(2,3)23-21(25-18-12-5-6-13-19(18)26-23)17-11-8-10-16-15-9-4-7-14-20(15)27-22(16)17/h4-14H,1-3H3. The minimum atomic E-state index is -0.138. The predicted octanol–water partition coefficient (Wildman–Crippen LogP) is 6.49. The summed E-state index contributed by atoms with van der Waals surface area (Å²) in [6.07, 6.45) is 0. The Balaban J connectivity index is 1.90. The molecule has 0 bridgehead atoms. The highest BCUT2D eigenvalue weighted by Crippen LogP contribution is 2.38. The molecule has 0 aliphatic carbocycles. The Morgan fingerprint density at radius 2 is 1.37 bits per heavy atom. The molecule has 0 aliphatic heterocycles. The van der Waals surface area contributed by atoms with E-state index in [-0.39, 0.29) is 5.41 Å². The number of furan rings is 1. The second-order valence-corrected chi connectivity index (χ2v) is 7.94. The van der Waals surface area contributed by atoms with Gasteiger partial charge in [0.1, 0.15) is 11.2 Å². The molecular formula is C24H20N2O. The Kier molecular flexibility index (Phi) is 3.35. The van der Waals surface area contributed by atoms with Gasteiger partial charge in [-0.2, -0.15) is 0 Å². The molecule has 0 aliphatic rings. The number of rotatable bonds is 1. The zero-order valence-corrected chi connectivity index (χ0v) is 15.7. The lowest BCUT2D eigenvalue weighted by molar-refractivity contribution is 0.571. The predicted molar refractivity (Wildman–Crippen MR) is 111 cm³/mol. The van der Waals surface area contributed by atoms with E-state index in [0.29, 0.717) is 0 Å². The second kappa shape index (κ2) is 5.65. The van der Waals surface area contributed by atoms with E-state index in [9.17, 15) is 0 Å². The van der Waals surface area contributed by atoms with Crippen molar-refractivity contribution in [3.63, 3.8) is 0 Å². The van der Waals surface area contributed by atoms with Crippen LogP contribution < -0.4 is 0 Å². The summed E-state index contributed by atoms with van der Waals surface area (Å²) in [7, 11) is 0. The van der Waals surface area contributed by atoms with Crippen molar-refractivity contribution in [1.29, 1.82) is 0 Å². The van der Waals surface area contributed by atoms with Crippen LogP contribution >= 0.6 is 0 Å². The number of hydrogen-bond acceptors (Lipinski definition) is 3. The maximum absolute atomic E-state index is 6.25. The van der Waals surface area contributed by atoms with Crippen LogP contribution in [0.1, 0.15) is 26.5 Å². The summed E-state index contributed by atoms with van der Waals surface area (Å²) in [5, 5.41) is 2.23. The molecule has 3 nitrogen and oxygen atoms in total. The van der Waals surface area contributed by atoms with Crippen LogP contribution in [0.2, 0.25) is 0 Å². The normalized spacial score (nSPS) is 12.3. The molecule has 0 fully saturated rings. The average Bonchev–Trinajstić information content (AvgIpc) is 3.05. The third kappa shape index (κ3) is 2.50. The van der Waals surface area contributed by atoms with Crippen LogP contribution in [0.3, 0.4) is 0 Å². The third-order valence-corrected chi connectivity index (χ3v) is 4.94. The minimum absolute atomic E-state index is 0.138. The van der Waals surface area contributed by atoms with E-state index >= 15 is 0 Å².